The fraction of sp³-hybridized carbons (Fsp3) is 0.0870. The molecule has 0 aliphatic rings. The molecule has 4 aromatic rings. The van der Waals surface area contributed by atoms with Crippen LogP contribution in [0.15, 0.2) is 78.9 Å². The monoisotopic (exact) mass is 394 g/mol. The fourth-order valence-corrected chi connectivity index (χ4v) is 3.12. The summed E-state index contributed by atoms with van der Waals surface area (Å²) in [4.78, 5) is 4.70. The average Bonchev–Trinajstić information content (AvgIpc) is 2.73. The first-order valence-electron chi connectivity index (χ1n) is 8.92. The summed E-state index contributed by atoms with van der Waals surface area (Å²) in [6.07, 6.45) is -4.40. The lowest BCUT2D eigenvalue weighted by molar-refractivity contribution is -0.137. The van der Waals surface area contributed by atoms with E-state index in [4.69, 9.17) is 9.72 Å². The lowest BCUT2D eigenvalue weighted by Gasteiger charge is -2.14. The van der Waals surface area contributed by atoms with Gasteiger partial charge in [0.15, 0.2) is 0 Å². The number of hydrogen-bond acceptors (Lipinski definition) is 3. The Morgan fingerprint density at radius 3 is 2.34 bits per heavy atom. The Morgan fingerprint density at radius 1 is 0.862 bits per heavy atom. The van der Waals surface area contributed by atoms with E-state index < -0.39 is 11.7 Å². The molecule has 0 amide bonds. The van der Waals surface area contributed by atoms with Gasteiger partial charge in [-0.05, 0) is 54.6 Å². The third-order valence-electron chi connectivity index (χ3n) is 4.57. The minimum absolute atomic E-state index is 0.358. The first-order valence-corrected chi connectivity index (χ1v) is 8.92. The summed E-state index contributed by atoms with van der Waals surface area (Å²) in [5.41, 5.74) is 2.67. The van der Waals surface area contributed by atoms with E-state index in [0.29, 0.717) is 17.1 Å². The Labute approximate surface area is 165 Å². The second-order valence-corrected chi connectivity index (χ2v) is 6.50. The van der Waals surface area contributed by atoms with Gasteiger partial charge in [0.25, 0.3) is 0 Å². The second-order valence-electron chi connectivity index (χ2n) is 6.50. The molecular formula is C23H17F3N2O. The van der Waals surface area contributed by atoms with E-state index in [1.165, 1.54) is 6.07 Å². The summed E-state index contributed by atoms with van der Waals surface area (Å²) in [5.74, 6) is 0.733. The lowest BCUT2D eigenvalue weighted by Crippen LogP contribution is -2.05. The molecule has 0 unspecified atom stereocenters. The van der Waals surface area contributed by atoms with Crippen LogP contribution in [0.25, 0.3) is 22.2 Å². The van der Waals surface area contributed by atoms with Crippen LogP contribution in [0.4, 0.5) is 24.5 Å². The van der Waals surface area contributed by atoms with Crippen LogP contribution >= 0.6 is 0 Å². The van der Waals surface area contributed by atoms with Crippen molar-refractivity contribution in [3.05, 3.63) is 84.4 Å². The van der Waals surface area contributed by atoms with Crippen molar-refractivity contribution in [2.45, 2.75) is 6.18 Å². The molecule has 0 aliphatic carbocycles. The third-order valence-corrected chi connectivity index (χ3v) is 4.57. The number of pyridine rings is 1. The number of nitrogens with one attached hydrogen (secondary N) is 1. The van der Waals surface area contributed by atoms with E-state index in [1.54, 1.807) is 13.2 Å². The molecule has 146 valence electrons. The number of alkyl halides is 3. The van der Waals surface area contributed by atoms with Crippen molar-refractivity contribution < 1.29 is 17.9 Å². The standard InChI is InChI=1S/C23H17F3N2O/c1-29-18-11-9-15(10-12-18)21-14-22(19-7-2-3-8-20(19)28-21)27-17-6-4-5-16(13-17)23(24,25)26/h2-14H,1H3,(H,27,28). The van der Waals surface area contributed by atoms with Crippen molar-refractivity contribution in [2.24, 2.45) is 0 Å². The molecule has 0 radical (unpaired) electrons. The van der Waals surface area contributed by atoms with E-state index in [0.717, 1.165) is 34.3 Å². The van der Waals surface area contributed by atoms with Crippen LogP contribution in [-0.4, -0.2) is 12.1 Å². The molecule has 4 rings (SSSR count). The number of methoxy groups -OCH3 is 1. The molecule has 0 fully saturated rings. The Hall–Kier alpha value is -3.54. The SMILES string of the molecule is COc1ccc(-c2cc(Nc3cccc(C(F)(F)F)c3)c3ccccc3n2)cc1. The molecule has 6 heteroatoms. The normalized spacial score (nSPS) is 11.4. The minimum atomic E-state index is -4.40. The van der Waals surface area contributed by atoms with Crippen molar-refractivity contribution in [1.82, 2.24) is 4.98 Å². The van der Waals surface area contributed by atoms with Crippen molar-refractivity contribution in [2.75, 3.05) is 12.4 Å². The van der Waals surface area contributed by atoms with Gasteiger partial charge in [0.1, 0.15) is 5.75 Å². The molecule has 0 saturated carbocycles. The van der Waals surface area contributed by atoms with Gasteiger partial charge in [-0.1, -0.05) is 24.3 Å². The zero-order valence-electron chi connectivity index (χ0n) is 15.5. The second kappa shape index (κ2) is 7.47. The summed E-state index contributed by atoms with van der Waals surface area (Å²) in [6.45, 7) is 0. The maximum Gasteiger partial charge on any atom is 0.416 e. The van der Waals surface area contributed by atoms with Crippen molar-refractivity contribution in [3.63, 3.8) is 0 Å². The molecule has 1 heterocycles. The van der Waals surface area contributed by atoms with Crippen molar-refractivity contribution >= 4 is 22.3 Å². The van der Waals surface area contributed by atoms with Gasteiger partial charge >= 0.3 is 6.18 Å². The number of anilines is 2. The molecule has 3 aromatic carbocycles. The van der Waals surface area contributed by atoms with E-state index in [-0.39, 0.29) is 0 Å². The van der Waals surface area contributed by atoms with Crippen LogP contribution in [-0.2, 0) is 6.18 Å². The van der Waals surface area contributed by atoms with Crippen LogP contribution in [0.1, 0.15) is 5.56 Å². The molecule has 0 saturated heterocycles. The predicted molar refractivity (Wildman–Crippen MR) is 108 cm³/mol. The van der Waals surface area contributed by atoms with Crippen LogP contribution in [0.5, 0.6) is 5.75 Å². The van der Waals surface area contributed by atoms with Gasteiger partial charge in [-0.3, -0.25) is 0 Å². The number of benzene rings is 3. The van der Waals surface area contributed by atoms with Crippen molar-refractivity contribution in [3.8, 4) is 17.0 Å². The van der Waals surface area contributed by atoms with Crippen molar-refractivity contribution in [1.29, 1.82) is 0 Å². The van der Waals surface area contributed by atoms with Gasteiger partial charge in [0, 0.05) is 16.6 Å². The number of aromatic nitrogens is 1. The third kappa shape index (κ3) is 4.01. The average molecular weight is 394 g/mol. The number of ether oxygens (including phenoxy) is 1. The number of fused-ring (bicyclic) bond motifs is 1. The van der Waals surface area contributed by atoms with Gasteiger partial charge < -0.3 is 10.1 Å². The van der Waals surface area contributed by atoms with Crippen LogP contribution < -0.4 is 10.1 Å². The van der Waals surface area contributed by atoms with E-state index in [2.05, 4.69) is 5.32 Å². The van der Waals surface area contributed by atoms with Gasteiger partial charge in [-0.25, -0.2) is 4.98 Å². The summed E-state index contributed by atoms with van der Waals surface area (Å²) in [7, 11) is 1.60. The highest BCUT2D eigenvalue weighted by atomic mass is 19.4. The fourth-order valence-electron chi connectivity index (χ4n) is 3.12. The van der Waals surface area contributed by atoms with Gasteiger partial charge in [0.05, 0.1) is 29.6 Å². The first-order chi connectivity index (χ1) is 13.9. The predicted octanol–water partition coefficient (Wildman–Crippen LogP) is 6.67. The summed E-state index contributed by atoms with van der Waals surface area (Å²) in [6, 6.07) is 22.0. The molecule has 1 aromatic heterocycles. The Kier molecular flexibility index (Phi) is 4.84. The zero-order chi connectivity index (χ0) is 20.4. The topological polar surface area (TPSA) is 34.1 Å². The molecule has 0 spiro atoms. The van der Waals surface area contributed by atoms with E-state index in [1.807, 2.05) is 54.6 Å². The summed E-state index contributed by atoms with van der Waals surface area (Å²) in [5, 5.41) is 3.95. The molecular weight excluding hydrogens is 377 g/mol. The Balaban J connectivity index is 1.79. The van der Waals surface area contributed by atoms with Crippen LogP contribution in [0.3, 0.4) is 0 Å². The number of nitrogens with zero attached hydrogens (tertiary/aromatic N) is 1. The highest BCUT2D eigenvalue weighted by Gasteiger charge is 2.30. The lowest BCUT2D eigenvalue weighted by atomic mass is 10.1. The highest BCUT2D eigenvalue weighted by Crippen LogP contribution is 2.34. The van der Waals surface area contributed by atoms with Gasteiger partial charge in [0.2, 0.25) is 0 Å². The van der Waals surface area contributed by atoms with E-state index >= 15 is 0 Å². The molecule has 1 N–H and O–H groups in total. The molecule has 0 aliphatic heterocycles. The largest absolute Gasteiger partial charge is 0.497 e. The van der Waals surface area contributed by atoms with Crippen LogP contribution in [0, 0.1) is 0 Å². The summed E-state index contributed by atoms with van der Waals surface area (Å²) >= 11 is 0. The smallest absolute Gasteiger partial charge is 0.416 e. The van der Waals surface area contributed by atoms with Crippen LogP contribution in [0.2, 0.25) is 0 Å². The first kappa shape index (κ1) is 18.8. The number of hydrogen-bond donors (Lipinski definition) is 1. The van der Waals surface area contributed by atoms with Gasteiger partial charge in [-0.15, -0.1) is 0 Å². The number of rotatable bonds is 4. The maximum atomic E-state index is 13.1. The van der Waals surface area contributed by atoms with E-state index in [9.17, 15) is 13.2 Å². The summed E-state index contributed by atoms with van der Waals surface area (Å²) < 4.78 is 44.4. The quantitative estimate of drug-likeness (QED) is 0.420. The highest BCUT2D eigenvalue weighted by molar-refractivity contribution is 5.95. The zero-order valence-corrected chi connectivity index (χ0v) is 15.5. The minimum Gasteiger partial charge on any atom is -0.497 e. The molecule has 0 atom stereocenters. The molecule has 0 bridgehead atoms. The Bertz CT molecular complexity index is 1150. The molecule has 29 heavy (non-hydrogen) atoms. The number of para-hydroxylation sites is 1. The maximum absolute atomic E-state index is 13.1. The number of halogens is 3. The Morgan fingerprint density at radius 2 is 1.62 bits per heavy atom. The molecule has 3 nitrogen and oxygen atoms in total. The van der Waals surface area contributed by atoms with Gasteiger partial charge in [-0.2, -0.15) is 13.2 Å².